The van der Waals surface area contributed by atoms with Gasteiger partial charge in [-0.1, -0.05) is 113 Å². The minimum Gasteiger partial charge on any atom is -0.462 e. The summed E-state index contributed by atoms with van der Waals surface area (Å²) in [6, 6.07) is 24.9. The first-order valence-corrected chi connectivity index (χ1v) is 16.9. The van der Waals surface area contributed by atoms with Gasteiger partial charge in [-0.05, 0) is 95.7 Å². The van der Waals surface area contributed by atoms with Crippen LogP contribution in [0.5, 0.6) is 0 Å². The molecule has 44 heavy (non-hydrogen) atoms. The van der Waals surface area contributed by atoms with Gasteiger partial charge in [0.15, 0.2) is 0 Å². The molecule has 0 saturated heterocycles. The van der Waals surface area contributed by atoms with Gasteiger partial charge in [-0.3, -0.25) is 0 Å². The summed E-state index contributed by atoms with van der Waals surface area (Å²) in [4.78, 5) is 12.1. The lowest BCUT2D eigenvalue weighted by Gasteiger charge is -2.29. The van der Waals surface area contributed by atoms with Crippen LogP contribution in [-0.2, 0) is 22.4 Å². The first kappa shape index (κ1) is 33.7. The fraction of sp³-hybridized carbons (Fsp3) is 0.475. The summed E-state index contributed by atoms with van der Waals surface area (Å²) in [5, 5.41) is 18.5. The molecule has 1 aliphatic carbocycles. The van der Waals surface area contributed by atoms with Crippen molar-refractivity contribution in [3.05, 3.63) is 95.6 Å². The number of benzene rings is 3. The third-order valence-electron chi connectivity index (χ3n) is 9.56. The second-order valence-electron chi connectivity index (χ2n) is 12.6. The van der Waals surface area contributed by atoms with E-state index in [1.165, 1.54) is 90.3 Å². The number of unbranched alkanes of at least 4 members (excludes halogenated alkanes) is 2. The molecular weight excluding hydrogens is 544 g/mol. The minimum atomic E-state index is -0.670. The molecular formula is C40H52O4. The molecule has 4 heteroatoms. The number of hydrogen-bond acceptors (Lipinski definition) is 4. The largest absolute Gasteiger partial charge is 0.462 e. The standard InChI is InChI=1S/C40H52O4/c1-4-6-7-9-30-11-14-33(15-12-30)34-16-18-35(19-17-34)36-20-22-37(23-21-36)39-24-13-31(26-32(39)5-2)10-8-25-44-40(43)29(3)38(27-41)28-42/h13,16-24,26,30,33,38,41-42H,3-12,14-15,25,27-28H2,1-2H3. The maximum Gasteiger partial charge on any atom is 0.333 e. The zero-order valence-corrected chi connectivity index (χ0v) is 26.9. The summed E-state index contributed by atoms with van der Waals surface area (Å²) < 4.78 is 5.30. The molecule has 0 radical (unpaired) electrons. The highest BCUT2D eigenvalue weighted by atomic mass is 16.5. The van der Waals surface area contributed by atoms with Crippen LogP contribution in [-0.4, -0.2) is 36.0 Å². The van der Waals surface area contributed by atoms with Crippen molar-refractivity contribution in [3.63, 3.8) is 0 Å². The molecule has 4 rings (SSSR count). The molecule has 0 atom stereocenters. The van der Waals surface area contributed by atoms with Crippen molar-refractivity contribution < 1.29 is 19.7 Å². The molecule has 0 amide bonds. The highest BCUT2D eigenvalue weighted by molar-refractivity contribution is 5.88. The van der Waals surface area contributed by atoms with Gasteiger partial charge in [-0.15, -0.1) is 0 Å². The van der Waals surface area contributed by atoms with Gasteiger partial charge in [0.1, 0.15) is 0 Å². The van der Waals surface area contributed by atoms with Gasteiger partial charge in [-0.2, -0.15) is 0 Å². The van der Waals surface area contributed by atoms with E-state index in [4.69, 9.17) is 4.74 Å². The molecule has 1 fully saturated rings. The van der Waals surface area contributed by atoms with Crippen molar-refractivity contribution in [3.8, 4) is 22.3 Å². The van der Waals surface area contributed by atoms with E-state index in [2.05, 4.69) is 87.2 Å². The van der Waals surface area contributed by atoms with Crippen LogP contribution in [0.3, 0.4) is 0 Å². The first-order chi connectivity index (χ1) is 21.5. The molecule has 0 unspecified atom stereocenters. The molecule has 2 N–H and O–H groups in total. The molecule has 3 aromatic carbocycles. The number of hydrogen-bond donors (Lipinski definition) is 2. The van der Waals surface area contributed by atoms with Crippen LogP contribution in [0.1, 0.15) is 94.2 Å². The molecule has 0 aromatic heterocycles. The smallest absolute Gasteiger partial charge is 0.333 e. The van der Waals surface area contributed by atoms with E-state index in [-0.39, 0.29) is 25.4 Å². The Morgan fingerprint density at radius 2 is 1.48 bits per heavy atom. The summed E-state index contributed by atoms with van der Waals surface area (Å²) in [6.07, 6.45) is 13.4. The van der Waals surface area contributed by atoms with Crippen LogP contribution in [0.4, 0.5) is 0 Å². The fourth-order valence-corrected chi connectivity index (χ4v) is 6.61. The second kappa shape index (κ2) is 17.3. The Morgan fingerprint density at radius 3 is 2.09 bits per heavy atom. The molecule has 1 saturated carbocycles. The van der Waals surface area contributed by atoms with Crippen LogP contribution in [0.2, 0.25) is 0 Å². The Morgan fingerprint density at radius 1 is 0.841 bits per heavy atom. The van der Waals surface area contributed by atoms with Gasteiger partial charge < -0.3 is 14.9 Å². The van der Waals surface area contributed by atoms with E-state index in [1.807, 2.05) is 0 Å². The average molecular weight is 597 g/mol. The van der Waals surface area contributed by atoms with Crippen LogP contribution in [0, 0.1) is 11.8 Å². The zero-order valence-electron chi connectivity index (χ0n) is 26.9. The van der Waals surface area contributed by atoms with Crippen molar-refractivity contribution >= 4 is 5.97 Å². The average Bonchev–Trinajstić information content (AvgIpc) is 3.07. The third kappa shape index (κ3) is 9.15. The molecule has 0 heterocycles. The predicted octanol–water partition coefficient (Wildman–Crippen LogP) is 9.07. The van der Waals surface area contributed by atoms with Gasteiger partial charge in [0.2, 0.25) is 0 Å². The zero-order chi connectivity index (χ0) is 31.3. The van der Waals surface area contributed by atoms with Gasteiger partial charge in [0, 0.05) is 11.5 Å². The van der Waals surface area contributed by atoms with Gasteiger partial charge in [-0.25, -0.2) is 4.79 Å². The van der Waals surface area contributed by atoms with Crippen LogP contribution in [0.15, 0.2) is 78.9 Å². The second-order valence-corrected chi connectivity index (χ2v) is 12.6. The Balaban J connectivity index is 1.30. The molecule has 0 spiro atoms. The third-order valence-corrected chi connectivity index (χ3v) is 9.56. The van der Waals surface area contributed by atoms with E-state index >= 15 is 0 Å². The first-order valence-electron chi connectivity index (χ1n) is 16.9. The lowest BCUT2D eigenvalue weighted by atomic mass is 9.77. The number of rotatable bonds is 16. The summed E-state index contributed by atoms with van der Waals surface area (Å²) >= 11 is 0. The maximum atomic E-state index is 12.1. The number of ether oxygens (including phenoxy) is 1. The molecule has 3 aromatic rings. The number of aliphatic hydroxyl groups is 2. The van der Waals surface area contributed by atoms with E-state index in [1.54, 1.807) is 0 Å². The maximum absolute atomic E-state index is 12.1. The monoisotopic (exact) mass is 596 g/mol. The quantitative estimate of drug-likeness (QED) is 0.0983. The lowest BCUT2D eigenvalue weighted by Crippen LogP contribution is -2.21. The molecule has 1 aliphatic rings. The Bertz CT molecular complexity index is 1310. The minimum absolute atomic E-state index is 0.112. The summed E-state index contributed by atoms with van der Waals surface area (Å²) in [5.41, 5.74) is 9.13. The Labute approximate surface area is 265 Å². The van der Waals surface area contributed by atoms with Crippen LogP contribution < -0.4 is 0 Å². The highest BCUT2D eigenvalue weighted by Crippen LogP contribution is 2.38. The van der Waals surface area contributed by atoms with Crippen molar-refractivity contribution in [1.29, 1.82) is 0 Å². The van der Waals surface area contributed by atoms with Gasteiger partial charge in [0.25, 0.3) is 0 Å². The molecule has 0 aliphatic heterocycles. The summed E-state index contributed by atoms with van der Waals surface area (Å²) in [5.74, 6) is 0.438. The Hall–Kier alpha value is -3.21. The van der Waals surface area contributed by atoms with Crippen molar-refractivity contribution in [2.45, 2.75) is 90.4 Å². The topological polar surface area (TPSA) is 66.8 Å². The van der Waals surface area contributed by atoms with E-state index < -0.39 is 11.9 Å². The lowest BCUT2D eigenvalue weighted by molar-refractivity contribution is -0.140. The number of aliphatic hydroxyl groups excluding tert-OH is 2. The van der Waals surface area contributed by atoms with E-state index in [0.717, 1.165) is 24.7 Å². The molecule has 236 valence electrons. The molecule has 0 bridgehead atoms. The van der Waals surface area contributed by atoms with Gasteiger partial charge >= 0.3 is 5.97 Å². The number of carbonyl (C=O) groups excluding carboxylic acids is 1. The van der Waals surface area contributed by atoms with Crippen molar-refractivity contribution in [1.82, 2.24) is 0 Å². The number of aryl methyl sites for hydroxylation is 2. The SMILES string of the molecule is C=C(C(=O)OCCCc1ccc(-c2ccc(-c3ccc(C4CCC(CCCCC)CC4)cc3)cc2)c(CC)c1)C(CO)CO. The van der Waals surface area contributed by atoms with Crippen molar-refractivity contribution in [2.24, 2.45) is 11.8 Å². The number of carbonyl (C=O) groups is 1. The van der Waals surface area contributed by atoms with Crippen LogP contribution in [0.25, 0.3) is 22.3 Å². The highest BCUT2D eigenvalue weighted by Gasteiger charge is 2.22. The predicted molar refractivity (Wildman–Crippen MR) is 182 cm³/mol. The van der Waals surface area contributed by atoms with Crippen LogP contribution >= 0.6 is 0 Å². The normalized spacial score (nSPS) is 16.7. The number of esters is 1. The summed E-state index contributed by atoms with van der Waals surface area (Å²) in [6.45, 7) is 7.75. The fourth-order valence-electron chi connectivity index (χ4n) is 6.61. The van der Waals surface area contributed by atoms with E-state index in [9.17, 15) is 15.0 Å². The summed E-state index contributed by atoms with van der Waals surface area (Å²) in [7, 11) is 0. The van der Waals surface area contributed by atoms with Gasteiger partial charge in [0.05, 0.1) is 19.8 Å². The van der Waals surface area contributed by atoms with Crippen molar-refractivity contribution in [2.75, 3.05) is 19.8 Å². The Kier molecular flexibility index (Phi) is 13.3. The van der Waals surface area contributed by atoms with E-state index in [0.29, 0.717) is 6.42 Å². The molecule has 4 nitrogen and oxygen atoms in total.